The summed E-state index contributed by atoms with van der Waals surface area (Å²) in [6, 6.07) is 8.27. The molecule has 0 spiro atoms. The Labute approximate surface area is 208 Å². The number of rotatable bonds is 7. The van der Waals surface area contributed by atoms with Crippen LogP contribution in [0.3, 0.4) is 0 Å². The molecule has 0 aliphatic carbocycles. The van der Waals surface area contributed by atoms with Gasteiger partial charge in [0.2, 0.25) is 10.0 Å². The zero-order valence-electron chi connectivity index (χ0n) is 19.5. The minimum absolute atomic E-state index is 0.0124. The summed E-state index contributed by atoms with van der Waals surface area (Å²) in [5.41, 5.74) is -1.43. The van der Waals surface area contributed by atoms with Gasteiger partial charge in [0, 0.05) is 26.2 Å². The van der Waals surface area contributed by atoms with Crippen molar-refractivity contribution in [3.63, 3.8) is 0 Å². The van der Waals surface area contributed by atoms with E-state index in [1.807, 2.05) is 0 Å². The SMILES string of the molecule is CC(C)(Oc1ccc(OC(F)(F)F)cc1)C(=O)N1CCN(S(=O)(=O)c2ccc(OC(F)(F)F)cc2)CC1. The average Bonchev–Trinajstić information content (AvgIpc) is 2.78. The van der Waals surface area contributed by atoms with Gasteiger partial charge >= 0.3 is 12.7 Å². The maximum Gasteiger partial charge on any atom is 0.573 e. The van der Waals surface area contributed by atoms with E-state index in [4.69, 9.17) is 4.74 Å². The van der Waals surface area contributed by atoms with Crippen molar-refractivity contribution in [2.45, 2.75) is 37.1 Å². The molecule has 15 heteroatoms. The zero-order valence-corrected chi connectivity index (χ0v) is 20.3. The van der Waals surface area contributed by atoms with Gasteiger partial charge in [0.25, 0.3) is 5.91 Å². The molecule has 0 saturated carbocycles. The number of sulfonamides is 1. The molecule has 0 unspecified atom stereocenters. The Balaban J connectivity index is 1.59. The highest BCUT2D eigenvalue weighted by Crippen LogP contribution is 2.28. The van der Waals surface area contributed by atoms with E-state index in [9.17, 15) is 39.6 Å². The highest BCUT2D eigenvalue weighted by atomic mass is 32.2. The van der Waals surface area contributed by atoms with Crippen molar-refractivity contribution in [2.75, 3.05) is 26.2 Å². The molecule has 37 heavy (non-hydrogen) atoms. The first kappa shape index (κ1) is 28.4. The Kier molecular flexibility index (Phi) is 7.88. The van der Waals surface area contributed by atoms with Crippen molar-refractivity contribution in [2.24, 2.45) is 0 Å². The topological polar surface area (TPSA) is 85.4 Å². The number of carbonyl (C=O) groups excluding carboxylic acids is 1. The van der Waals surface area contributed by atoms with E-state index < -0.39 is 45.8 Å². The fraction of sp³-hybridized carbons (Fsp3) is 0.409. The molecule has 1 fully saturated rings. The van der Waals surface area contributed by atoms with Crippen LogP contribution in [0.1, 0.15) is 13.8 Å². The zero-order chi connectivity index (χ0) is 27.6. The predicted octanol–water partition coefficient (Wildman–Crippen LogP) is 4.17. The molecule has 0 aromatic heterocycles. The Hall–Kier alpha value is -3.20. The van der Waals surface area contributed by atoms with Gasteiger partial charge in [-0.25, -0.2) is 8.42 Å². The summed E-state index contributed by atoms with van der Waals surface area (Å²) in [6.07, 6.45) is -9.76. The Morgan fingerprint density at radius 3 is 1.49 bits per heavy atom. The quantitative estimate of drug-likeness (QED) is 0.476. The van der Waals surface area contributed by atoms with Crippen LogP contribution in [0.2, 0.25) is 0 Å². The lowest BCUT2D eigenvalue weighted by Crippen LogP contribution is -2.56. The number of hydrogen-bond donors (Lipinski definition) is 0. The number of nitrogens with zero attached hydrogens (tertiary/aromatic N) is 2. The van der Waals surface area contributed by atoms with Gasteiger partial charge in [-0.05, 0) is 62.4 Å². The van der Waals surface area contributed by atoms with Gasteiger partial charge in [-0.2, -0.15) is 4.31 Å². The number of halogens is 6. The summed E-state index contributed by atoms with van der Waals surface area (Å²) in [7, 11) is -4.04. The number of hydrogen-bond acceptors (Lipinski definition) is 6. The molecule has 0 radical (unpaired) electrons. The number of piperazine rings is 1. The van der Waals surface area contributed by atoms with E-state index in [1.165, 1.54) is 30.9 Å². The standard InChI is InChI=1S/C22H22F6N2O6S/c1-20(2,34-15-3-5-16(6-4-15)35-21(23,24)25)19(31)29-11-13-30(14-12-29)37(32,33)18-9-7-17(8-10-18)36-22(26,27)28/h3-10H,11-14H2,1-2H3. The molecular weight excluding hydrogens is 534 g/mol. The van der Waals surface area contributed by atoms with Crippen LogP contribution < -0.4 is 14.2 Å². The van der Waals surface area contributed by atoms with Crippen LogP contribution in [-0.4, -0.2) is 68.0 Å². The minimum Gasteiger partial charge on any atom is -0.478 e. The first-order valence-corrected chi connectivity index (χ1v) is 12.1. The number of carbonyl (C=O) groups is 1. The molecule has 1 amide bonds. The second kappa shape index (κ2) is 10.3. The van der Waals surface area contributed by atoms with Crippen molar-refractivity contribution in [3.8, 4) is 17.2 Å². The second-order valence-electron chi connectivity index (χ2n) is 8.35. The summed E-state index contributed by atoms with van der Waals surface area (Å²) in [6.45, 7) is 2.80. The molecule has 0 N–H and O–H groups in total. The maximum atomic E-state index is 13.0. The Bertz CT molecular complexity index is 1190. The lowest BCUT2D eigenvalue weighted by Gasteiger charge is -2.38. The maximum absolute atomic E-state index is 13.0. The molecule has 8 nitrogen and oxygen atoms in total. The summed E-state index contributed by atoms with van der Waals surface area (Å²) >= 11 is 0. The van der Waals surface area contributed by atoms with E-state index in [-0.39, 0.29) is 36.8 Å². The van der Waals surface area contributed by atoms with Gasteiger partial charge in [-0.15, -0.1) is 26.3 Å². The van der Waals surface area contributed by atoms with Crippen LogP contribution >= 0.6 is 0 Å². The van der Waals surface area contributed by atoms with Crippen LogP contribution in [0.15, 0.2) is 53.4 Å². The Morgan fingerprint density at radius 1 is 0.703 bits per heavy atom. The molecule has 3 rings (SSSR count). The molecule has 2 aromatic rings. The molecule has 1 aliphatic rings. The third kappa shape index (κ3) is 7.64. The predicted molar refractivity (Wildman–Crippen MR) is 116 cm³/mol. The Morgan fingerprint density at radius 2 is 1.08 bits per heavy atom. The van der Waals surface area contributed by atoms with Crippen LogP contribution in [-0.2, 0) is 14.8 Å². The van der Waals surface area contributed by atoms with Gasteiger partial charge in [0.05, 0.1) is 4.90 Å². The summed E-state index contributed by atoms with van der Waals surface area (Å²) < 4.78 is 114. The number of alkyl halides is 6. The molecule has 204 valence electrons. The molecule has 0 atom stereocenters. The van der Waals surface area contributed by atoms with E-state index in [0.717, 1.165) is 40.7 Å². The first-order chi connectivity index (χ1) is 17.0. The lowest BCUT2D eigenvalue weighted by atomic mass is 10.1. The van der Waals surface area contributed by atoms with Crippen LogP contribution in [0.5, 0.6) is 17.2 Å². The molecule has 2 aromatic carbocycles. The van der Waals surface area contributed by atoms with Crippen LogP contribution in [0.4, 0.5) is 26.3 Å². The van der Waals surface area contributed by atoms with Gasteiger partial charge in [-0.1, -0.05) is 0 Å². The highest BCUT2D eigenvalue weighted by Gasteiger charge is 2.38. The van der Waals surface area contributed by atoms with Gasteiger partial charge in [-0.3, -0.25) is 4.79 Å². The van der Waals surface area contributed by atoms with E-state index in [2.05, 4.69) is 9.47 Å². The largest absolute Gasteiger partial charge is 0.573 e. The van der Waals surface area contributed by atoms with Crippen molar-refractivity contribution in [1.82, 2.24) is 9.21 Å². The van der Waals surface area contributed by atoms with E-state index in [0.29, 0.717) is 0 Å². The number of benzene rings is 2. The first-order valence-electron chi connectivity index (χ1n) is 10.7. The van der Waals surface area contributed by atoms with Gasteiger partial charge in [0.1, 0.15) is 17.2 Å². The third-order valence-electron chi connectivity index (χ3n) is 5.17. The highest BCUT2D eigenvalue weighted by molar-refractivity contribution is 7.89. The van der Waals surface area contributed by atoms with E-state index in [1.54, 1.807) is 0 Å². The van der Waals surface area contributed by atoms with Crippen molar-refractivity contribution in [3.05, 3.63) is 48.5 Å². The average molecular weight is 556 g/mol. The molecule has 1 saturated heterocycles. The fourth-order valence-corrected chi connectivity index (χ4v) is 4.94. The minimum atomic E-state index is -4.91. The molecular formula is C22H22F6N2O6S. The van der Waals surface area contributed by atoms with Gasteiger partial charge < -0.3 is 19.1 Å². The summed E-state index contributed by atoms with van der Waals surface area (Å²) in [5, 5.41) is 0. The number of amides is 1. The summed E-state index contributed by atoms with van der Waals surface area (Å²) in [5.74, 6) is -1.38. The second-order valence-corrected chi connectivity index (χ2v) is 10.3. The van der Waals surface area contributed by atoms with Crippen molar-refractivity contribution in [1.29, 1.82) is 0 Å². The van der Waals surface area contributed by atoms with Crippen LogP contribution in [0.25, 0.3) is 0 Å². The van der Waals surface area contributed by atoms with Crippen molar-refractivity contribution < 1.29 is 53.8 Å². The molecule has 1 aliphatic heterocycles. The van der Waals surface area contributed by atoms with Gasteiger partial charge in [0.15, 0.2) is 5.60 Å². The third-order valence-corrected chi connectivity index (χ3v) is 7.08. The lowest BCUT2D eigenvalue weighted by molar-refractivity contribution is -0.275. The molecule has 1 heterocycles. The fourth-order valence-electron chi connectivity index (χ4n) is 3.52. The summed E-state index contributed by atoms with van der Waals surface area (Å²) in [4.78, 5) is 14.2. The normalized spacial score (nSPS) is 15.8. The van der Waals surface area contributed by atoms with E-state index >= 15 is 0 Å². The van der Waals surface area contributed by atoms with Crippen LogP contribution in [0, 0.1) is 0 Å². The van der Waals surface area contributed by atoms with Crippen molar-refractivity contribution >= 4 is 15.9 Å². The monoisotopic (exact) mass is 556 g/mol. The number of ether oxygens (including phenoxy) is 3. The molecule has 0 bridgehead atoms. The smallest absolute Gasteiger partial charge is 0.478 e.